The van der Waals surface area contributed by atoms with Crippen LogP contribution in [0.25, 0.3) is 17.0 Å². The Bertz CT molecular complexity index is 1040. The lowest BCUT2D eigenvalue weighted by molar-refractivity contribution is -0.122. The maximum Gasteiger partial charge on any atom is 0.266 e. The molecule has 2 aromatic rings. The highest BCUT2D eigenvalue weighted by Gasteiger charge is 2.32. The van der Waals surface area contributed by atoms with Gasteiger partial charge >= 0.3 is 0 Å². The van der Waals surface area contributed by atoms with Crippen molar-refractivity contribution in [2.24, 2.45) is 11.8 Å². The summed E-state index contributed by atoms with van der Waals surface area (Å²) in [6, 6.07) is 8.46. The zero-order valence-electron chi connectivity index (χ0n) is 18.9. The van der Waals surface area contributed by atoms with E-state index in [-0.39, 0.29) is 5.91 Å². The van der Waals surface area contributed by atoms with Crippen molar-refractivity contribution in [1.82, 2.24) is 9.88 Å². The molecule has 0 atom stereocenters. The number of para-hydroxylation sites is 1. The van der Waals surface area contributed by atoms with Crippen molar-refractivity contribution in [3.8, 4) is 0 Å². The number of carbonyl (C=O) groups excluding carboxylic acids is 1. The third kappa shape index (κ3) is 4.80. The summed E-state index contributed by atoms with van der Waals surface area (Å²) >= 11 is 6.94. The number of fused-ring (bicyclic) bond motifs is 1. The summed E-state index contributed by atoms with van der Waals surface area (Å²) in [5.41, 5.74) is 3.23. The van der Waals surface area contributed by atoms with E-state index in [9.17, 15) is 4.79 Å². The lowest BCUT2D eigenvalue weighted by atomic mass is 9.98. The summed E-state index contributed by atoms with van der Waals surface area (Å²) in [6.45, 7) is 11.5. The van der Waals surface area contributed by atoms with Crippen LogP contribution in [0.2, 0.25) is 0 Å². The number of aromatic nitrogens is 1. The first-order valence-corrected chi connectivity index (χ1v) is 12.5. The predicted octanol–water partition coefficient (Wildman–Crippen LogP) is 6.03. The van der Waals surface area contributed by atoms with Gasteiger partial charge in [-0.2, -0.15) is 0 Å². The van der Waals surface area contributed by atoms with E-state index in [1.54, 1.807) is 4.90 Å². The molecule has 3 heterocycles. The number of carbonyl (C=O) groups is 1. The number of piperidine rings is 1. The third-order valence-corrected chi connectivity index (χ3v) is 7.61. The van der Waals surface area contributed by atoms with Crippen LogP contribution in [0, 0.1) is 18.8 Å². The Morgan fingerprint density at radius 3 is 2.74 bits per heavy atom. The number of nitrogens with zero attached hydrogens (tertiary/aromatic N) is 3. The molecule has 2 fully saturated rings. The fourth-order valence-electron chi connectivity index (χ4n) is 4.15. The number of thiocarbonyl (C=S) groups is 1. The second-order valence-corrected chi connectivity index (χ2v) is 10.9. The van der Waals surface area contributed by atoms with Crippen molar-refractivity contribution in [3.63, 3.8) is 0 Å². The van der Waals surface area contributed by atoms with E-state index in [2.05, 4.69) is 56.9 Å². The van der Waals surface area contributed by atoms with Gasteiger partial charge < -0.3 is 4.90 Å². The van der Waals surface area contributed by atoms with Crippen molar-refractivity contribution in [2.75, 3.05) is 24.5 Å². The molecule has 2 aliphatic heterocycles. The first-order chi connectivity index (χ1) is 14.8. The van der Waals surface area contributed by atoms with Crippen LogP contribution < -0.4 is 4.90 Å². The molecule has 0 saturated carbocycles. The first kappa shape index (κ1) is 22.3. The number of benzene rings is 1. The van der Waals surface area contributed by atoms with E-state index in [1.165, 1.54) is 30.2 Å². The standard InChI is InChI=1S/C25H31N3OS2/c1-16(2)8-13-28-24(29)21(31-25(28)30)15-20-14-19-7-5-6-18(4)22(19)26-23(20)27-11-9-17(3)10-12-27/h5-7,14-17H,8-13H2,1-4H3/b21-15-. The molecule has 1 aromatic heterocycles. The lowest BCUT2D eigenvalue weighted by Gasteiger charge is -2.32. The zero-order valence-corrected chi connectivity index (χ0v) is 20.5. The van der Waals surface area contributed by atoms with Gasteiger partial charge in [0.2, 0.25) is 0 Å². The normalized spacial score (nSPS) is 19.5. The molecular weight excluding hydrogens is 422 g/mol. The molecule has 0 radical (unpaired) electrons. The number of hydrogen-bond donors (Lipinski definition) is 0. The molecule has 2 saturated heterocycles. The van der Waals surface area contributed by atoms with Crippen LogP contribution in [-0.4, -0.2) is 39.7 Å². The molecule has 2 aliphatic rings. The monoisotopic (exact) mass is 453 g/mol. The minimum Gasteiger partial charge on any atom is -0.356 e. The molecule has 4 rings (SSSR count). The van der Waals surface area contributed by atoms with Gasteiger partial charge in [0, 0.05) is 30.6 Å². The Morgan fingerprint density at radius 1 is 1.29 bits per heavy atom. The summed E-state index contributed by atoms with van der Waals surface area (Å²) in [6.07, 6.45) is 5.30. The maximum absolute atomic E-state index is 13.1. The second-order valence-electron chi connectivity index (χ2n) is 9.23. The van der Waals surface area contributed by atoms with E-state index < -0.39 is 0 Å². The van der Waals surface area contributed by atoms with Gasteiger partial charge in [-0.1, -0.05) is 63.0 Å². The highest BCUT2D eigenvalue weighted by molar-refractivity contribution is 8.26. The predicted molar refractivity (Wildman–Crippen MR) is 136 cm³/mol. The molecule has 0 aliphatic carbocycles. The molecular formula is C25H31N3OS2. The van der Waals surface area contributed by atoms with E-state index >= 15 is 0 Å². The number of amides is 1. The topological polar surface area (TPSA) is 36.4 Å². The van der Waals surface area contributed by atoms with Crippen LogP contribution in [0.5, 0.6) is 0 Å². The largest absolute Gasteiger partial charge is 0.356 e. The van der Waals surface area contributed by atoms with Gasteiger partial charge in [0.1, 0.15) is 10.1 Å². The maximum atomic E-state index is 13.1. The average molecular weight is 454 g/mol. The van der Waals surface area contributed by atoms with Crippen molar-refractivity contribution in [2.45, 2.75) is 47.0 Å². The summed E-state index contributed by atoms with van der Waals surface area (Å²) in [5, 5.41) is 1.11. The third-order valence-electron chi connectivity index (χ3n) is 6.23. The van der Waals surface area contributed by atoms with Crippen LogP contribution in [0.4, 0.5) is 5.82 Å². The van der Waals surface area contributed by atoms with Gasteiger partial charge in [-0.25, -0.2) is 4.98 Å². The molecule has 1 aromatic carbocycles. The van der Waals surface area contributed by atoms with Crippen LogP contribution in [0.15, 0.2) is 29.2 Å². The smallest absolute Gasteiger partial charge is 0.266 e. The zero-order chi connectivity index (χ0) is 22.1. The molecule has 0 bridgehead atoms. The van der Waals surface area contributed by atoms with Gasteiger partial charge in [0.25, 0.3) is 5.91 Å². The Balaban J connectivity index is 1.73. The summed E-state index contributed by atoms with van der Waals surface area (Å²) in [5.74, 6) is 2.30. The number of anilines is 1. The fourth-order valence-corrected chi connectivity index (χ4v) is 5.45. The van der Waals surface area contributed by atoms with Crippen LogP contribution >= 0.6 is 24.0 Å². The molecule has 31 heavy (non-hydrogen) atoms. The number of aryl methyl sites for hydroxylation is 1. The van der Waals surface area contributed by atoms with Gasteiger partial charge in [0.15, 0.2) is 0 Å². The summed E-state index contributed by atoms with van der Waals surface area (Å²) in [7, 11) is 0. The molecule has 0 spiro atoms. The van der Waals surface area contributed by atoms with E-state index in [0.29, 0.717) is 21.7 Å². The SMILES string of the molecule is Cc1cccc2cc(/C=C3\SC(=S)N(CCC(C)C)C3=O)c(N3CCC(C)CC3)nc12. The number of hydrogen-bond acceptors (Lipinski definition) is 5. The van der Waals surface area contributed by atoms with E-state index in [0.717, 1.165) is 47.7 Å². The van der Waals surface area contributed by atoms with Gasteiger partial charge in [-0.05, 0) is 55.7 Å². The van der Waals surface area contributed by atoms with E-state index in [4.69, 9.17) is 17.2 Å². The quantitative estimate of drug-likeness (QED) is 0.408. The van der Waals surface area contributed by atoms with Crippen LogP contribution in [-0.2, 0) is 4.79 Å². The van der Waals surface area contributed by atoms with Gasteiger partial charge in [-0.3, -0.25) is 9.69 Å². The Morgan fingerprint density at radius 2 is 2.03 bits per heavy atom. The van der Waals surface area contributed by atoms with Gasteiger partial charge in [0.05, 0.1) is 10.4 Å². The van der Waals surface area contributed by atoms with Crippen molar-refractivity contribution < 1.29 is 4.79 Å². The molecule has 0 unspecified atom stereocenters. The Labute approximate surface area is 195 Å². The Kier molecular flexibility index (Phi) is 6.68. The minimum atomic E-state index is 0.0261. The number of thioether (sulfide) groups is 1. The second kappa shape index (κ2) is 9.29. The average Bonchev–Trinajstić information content (AvgIpc) is 2.99. The molecule has 1 amide bonds. The molecule has 0 N–H and O–H groups in total. The van der Waals surface area contributed by atoms with Crippen molar-refractivity contribution in [3.05, 3.63) is 40.3 Å². The number of rotatable bonds is 5. The Hall–Kier alpha value is -1.92. The summed E-state index contributed by atoms with van der Waals surface area (Å²) < 4.78 is 0.662. The van der Waals surface area contributed by atoms with Crippen LogP contribution in [0.1, 0.15) is 51.2 Å². The van der Waals surface area contributed by atoms with Gasteiger partial charge in [-0.15, -0.1) is 0 Å². The highest BCUT2D eigenvalue weighted by Crippen LogP contribution is 2.36. The summed E-state index contributed by atoms with van der Waals surface area (Å²) in [4.78, 5) is 23.0. The molecule has 4 nitrogen and oxygen atoms in total. The fraction of sp³-hybridized carbons (Fsp3) is 0.480. The molecule has 6 heteroatoms. The highest BCUT2D eigenvalue weighted by atomic mass is 32.2. The number of pyridine rings is 1. The van der Waals surface area contributed by atoms with Crippen molar-refractivity contribution >= 4 is 57.0 Å². The van der Waals surface area contributed by atoms with E-state index in [1.807, 2.05) is 6.08 Å². The minimum absolute atomic E-state index is 0.0261. The lowest BCUT2D eigenvalue weighted by Crippen LogP contribution is -2.34. The molecule has 164 valence electrons. The first-order valence-electron chi connectivity index (χ1n) is 11.2. The van der Waals surface area contributed by atoms with Crippen molar-refractivity contribution in [1.29, 1.82) is 0 Å². The van der Waals surface area contributed by atoms with Crippen LogP contribution in [0.3, 0.4) is 0 Å².